The molecule has 3 aromatic carbocycles. The molecule has 1 amide bonds. The van der Waals surface area contributed by atoms with Crippen molar-refractivity contribution in [1.82, 2.24) is 0 Å². The topological polar surface area (TPSA) is 111 Å². The van der Waals surface area contributed by atoms with Crippen LogP contribution in [0.4, 0.5) is 15.3 Å². The SMILES string of the molecule is O=C(Nc1cccc(C(=O)O)c1OC(=O)OCc1ccccc1)OCc1ccccc1. The number of amides is 1. The number of ether oxygens (including phenoxy) is 3. The van der Waals surface area contributed by atoms with Crippen molar-refractivity contribution < 1.29 is 33.7 Å². The highest BCUT2D eigenvalue weighted by Crippen LogP contribution is 2.30. The van der Waals surface area contributed by atoms with Crippen molar-refractivity contribution in [2.45, 2.75) is 13.2 Å². The molecule has 0 spiro atoms. The van der Waals surface area contributed by atoms with Gasteiger partial charge < -0.3 is 19.3 Å². The fraction of sp³-hybridized carbons (Fsp3) is 0.0870. The summed E-state index contributed by atoms with van der Waals surface area (Å²) < 4.78 is 15.3. The molecule has 0 aliphatic rings. The lowest BCUT2D eigenvalue weighted by molar-refractivity contribution is 0.0688. The van der Waals surface area contributed by atoms with Gasteiger partial charge in [-0.3, -0.25) is 5.32 Å². The molecular formula is C23H19NO7. The predicted molar refractivity (Wildman–Crippen MR) is 111 cm³/mol. The first-order valence-electron chi connectivity index (χ1n) is 9.25. The highest BCUT2D eigenvalue weighted by Gasteiger charge is 2.21. The molecule has 3 aromatic rings. The van der Waals surface area contributed by atoms with Crippen LogP contribution in [0.3, 0.4) is 0 Å². The highest BCUT2D eigenvalue weighted by atomic mass is 16.7. The molecule has 8 heteroatoms. The van der Waals surface area contributed by atoms with Crippen molar-refractivity contribution >= 4 is 23.9 Å². The molecule has 0 atom stereocenters. The first-order valence-corrected chi connectivity index (χ1v) is 9.25. The van der Waals surface area contributed by atoms with Crippen molar-refractivity contribution in [3.05, 3.63) is 95.6 Å². The number of carbonyl (C=O) groups is 3. The third-order valence-electron chi connectivity index (χ3n) is 4.08. The molecule has 158 valence electrons. The van der Waals surface area contributed by atoms with Crippen LogP contribution in [0.2, 0.25) is 0 Å². The summed E-state index contributed by atoms with van der Waals surface area (Å²) in [5, 5.41) is 11.8. The van der Waals surface area contributed by atoms with Gasteiger partial charge in [-0.25, -0.2) is 14.4 Å². The summed E-state index contributed by atoms with van der Waals surface area (Å²) in [5.74, 6) is -1.70. The normalized spacial score (nSPS) is 10.1. The van der Waals surface area contributed by atoms with Crippen LogP contribution in [0, 0.1) is 0 Å². The van der Waals surface area contributed by atoms with Crippen LogP contribution >= 0.6 is 0 Å². The number of hydrogen-bond donors (Lipinski definition) is 2. The molecule has 3 rings (SSSR count). The zero-order chi connectivity index (χ0) is 22.1. The molecule has 0 bridgehead atoms. The second-order valence-electron chi connectivity index (χ2n) is 6.30. The van der Waals surface area contributed by atoms with E-state index in [4.69, 9.17) is 14.2 Å². The number of anilines is 1. The van der Waals surface area contributed by atoms with Crippen LogP contribution in [0.5, 0.6) is 5.75 Å². The number of hydrogen-bond acceptors (Lipinski definition) is 6. The molecule has 0 aliphatic heterocycles. The fourth-order valence-electron chi connectivity index (χ4n) is 2.61. The van der Waals surface area contributed by atoms with E-state index in [2.05, 4.69) is 5.32 Å². The number of carbonyl (C=O) groups excluding carboxylic acids is 2. The number of rotatable bonds is 7. The van der Waals surface area contributed by atoms with Crippen molar-refractivity contribution in [2.24, 2.45) is 0 Å². The van der Waals surface area contributed by atoms with Gasteiger partial charge in [-0.1, -0.05) is 66.7 Å². The van der Waals surface area contributed by atoms with Gasteiger partial charge in [-0.2, -0.15) is 0 Å². The quantitative estimate of drug-likeness (QED) is 0.414. The number of carboxylic acids is 1. The van der Waals surface area contributed by atoms with E-state index in [0.29, 0.717) is 0 Å². The van der Waals surface area contributed by atoms with E-state index >= 15 is 0 Å². The minimum Gasteiger partial charge on any atom is -0.478 e. The molecule has 0 fully saturated rings. The van der Waals surface area contributed by atoms with Gasteiger partial charge in [0.25, 0.3) is 0 Å². The molecule has 0 aliphatic carbocycles. The Morgan fingerprint density at radius 2 is 1.32 bits per heavy atom. The molecule has 0 radical (unpaired) electrons. The Bertz CT molecular complexity index is 1050. The van der Waals surface area contributed by atoms with E-state index < -0.39 is 18.2 Å². The monoisotopic (exact) mass is 421 g/mol. The number of para-hydroxylation sites is 1. The van der Waals surface area contributed by atoms with E-state index in [0.717, 1.165) is 11.1 Å². The summed E-state index contributed by atoms with van der Waals surface area (Å²) in [4.78, 5) is 35.8. The van der Waals surface area contributed by atoms with Crippen LogP contribution in [0.1, 0.15) is 21.5 Å². The first-order chi connectivity index (χ1) is 15.0. The standard InChI is InChI=1S/C23H19NO7/c25-21(26)18-12-7-13-19(24-22(27)29-14-16-8-3-1-4-9-16)20(18)31-23(28)30-15-17-10-5-2-6-11-17/h1-13H,14-15H2,(H,24,27)(H,25,26). The van der Waals surface area contributed by atoms with Gasteiger partial charge in [-0.05, 0) is 23.3 Å². The Morgan fingerprint density at radius 3 is 1.90 bits per heavy atom. The molecule has 0 unspecified atom stereocenters. The van der Waals surface area contributed by atoms with Crippen molar-refractivity contribution in [3.8, 4) is 5.75 Å². The smallest absolute Gasteiger partial charge is 0.478 e. The van der Waals surface area contributed by atoms with Crippen molar-refractivity contribution in [2.75, 3.05) is 5.32 Å². The number of benzene rings is 3. The summed E-state index contributed by atoms with van der Waals surface area (Å²) in [7, 11) is 0. The minimum atomic E-state index is -1.34. The van der Waals surface area contributed by atoms with Gasteiger partial charge in [-0.15, -0.1) is 0 Å². The maximum atomic E-state index is 12.2. The van der Waals surface area contributed by atoms with Gasteiger partial charge >= 0.3 is 18.2 Å². The summed E-state index contributed by atoms with van der Waals surface area (Å²) in [6.07, 6.45) is -1.95. The van der Waals surface area contributed by atoms with Crippen LogP contribution in [0.15, 0.2) is 78.9 Å². The van der Waals surface area contributed by atoms with Gasteiger partial charge in [0.1, 0.15) is 18.8 Å². The summed E-state index contributed by atoms with van der Waals surface area (Å²) in [6.45, 7) is -0.0443. The lowest BCUT2D eigenvalue weighted by atomic mass is 10.1. The first kappa shape index (κ1) is 21.4. The number of aromatic carboxylic acids is 1. The Labute approximate surface area is 178 Å². The van der Waals surface area contributed by atoms with Gasteiger partial charge in [0.2, 0.25) is 0 Å². The van der Waals surface area contributed by atoms with Gasteiger partial charge in [0.15, 0.2) is 5.75 Å². The Balaban J connectivity index is 1.68. The van der Waals surface area contributed by atoms with Crippen LogP contribution < -0.4 is 10.1 Å². The molecule has 8 nitrogen and oxygen atoms in total. The highest BCUT2D eigenvalue weighted by molar-refractivity contribution is 5.97. The third kappa shape index (κ3) is 6.33. The zero-order valence-corrected chi connectivity index (χ0v) is 16.3. The second-order valence-corrected chi connectivity index (χ2v) is 6.30. The minimum absolute atomic E-state index is 0.0145. The largest absolute Gasteiger partial charge is 0.514 e. The summed E-state index contributed by atoms with van der Waals surface area (Å²) in [5.41, 5.74) is 1.14. The Kier molecular flexibility index (Phi) is 7.21. The van der Waals surface area contributed by atoms with E-state index in [9.17, 15) is 19.5 Å². The number of nitrogens with one attached hydrogen (secondary N) is 1. The maximum absolute atomic E-state index is 12.2. The summed E-state index contributed by atoms with van der Waals surface area (Å²) in [6, 6.07) is 21.9. The molecule has 0 saturated carbocycles. The molecule has 31 heavy (non-hydrogen) atoms. The average molecular weight is 421 g/mol. The van der Waals surface area contributed by atoms with Crippen LogP contribution in [-0.4, -0.2) is 23.3 Å². The molecule has 0 saturated heterocycles. The molecular weight excluding hydrogens is 402 g/mol. The van der Waals surface area contributed by atoms with Crippen LogP contribution in [0.25, 0.3) is 0 Å². The number of carboxylic acid groups (broad SMARTS) is 1. The lowest BCUT2D eigenvalue weighted by Crippen LogP contribution is -2.18. The van der Waals surface area contributed by atoms with Gasteiger partial charge in [0, 0.05) is 0 Å². The molecule has 0 heterocycles. The third-order valence-corrected chi connectivity index (χ3v) is 4.08. The summed E-state index contributed by atoms with van der Waals surface area (Å²) >= 11 is 0. The average Bonchev–Trinajstić information content (AvgIpc) is 2.78. The van der Waals surface area contributed by atoms with Crippen molar-refractivity contribution in [1.29, 1.82) is 0 Å². The fourth-order valence-corrected chi connectivity index (χ4v) is 2.61. The molecule has 0 aromatic heterocycles. The Morgan fingerprint density at radius 1 is 0.742 bits per heavy atom. The molecule has 2 N–H and O–H groups in total. The van der Waals surface area contributed by atoms with E-state index in [-0.39, 0.29) is 30.2 Å². The lowest BCUT2D eigenvalue weighted by Gasteiger charge is -2.14. The predicted octanol–water partition coefficient (Wildman–Crippen LogP) is 4.85. The van der Waals surface area contributed by atoms with E-state index in [1.54, 1.807) is 48.5 Å². The Hall–Kier alpha value is -4.33. The zero-order valence-electron chi connectivity index (χ0n) is 16.3. The maximum Gasteiger partial charge on any atom is 0.514 e. The second kappa shape index (κ2) is 10.4. The van der Waals surface area contributed by atoms with E-state index in [1.807, 2.05) is 12.1 Å². The van der Waals surface area contributed by atoms with E-state index in [1.165, 1.54) is 18.2 Å². The van der Waals surface area contributed by atoms with Gasteiger partial charge in [0.05, 0.1) is 5.69 Å². The van der Waals surface area contributed by atoms with Crippen LogP contribution in [-0.2, 0) is 22.7 Å². The van der Waals surface area contributed by atoms with Crippen molar-refractivity contribution in [3.63, 3.8) is 0 Å².